The number of likely N-dealkylation sites (N-methyl/N-ethyl adjacent to an activating group) is 1. The van der Waals surface area contributed by atoms with Crippen LogP contribution in [0.5, 0.6) is 0 Å². The van der Waals surface area contributed by atoms with Crippen LogP contribution in [-0.4, -0.2) is 51.5 Å². The Morgan fingerprint density at radius 2 is 2.00 bits per heavy atom. The molecule has 1 aromatic carbocycles. The van der Waals surface area contributed by atoms with Crippen molar-refractivity contribution in [3.63, 3.8) is 0 Å². The lowest BCUT2D eigenvalue weighted by atomic mass is 10.1. The maximum absolute atomic E-state index is 11.8. The first kappa shape index (κ1) is 17.6. The fourth-order valence-corrected chi connectivity index (χ4v) is 3.75. The minimum Gasteiger partial charge on any atom is -0.375 e. The summed E-state index contributed by atoms with van der Waals surface area (Å²) in [6, 6.07) is 4.34. The number of benzene rings is 1. The number of nitro benzene ring substituents is 1. The van der Waals surface area contributed by atoms with Crippen molar-refractivity contribution in [1.29, 1.82) is 0 Å². The van der Waals surface area contributed by atoms with Gasteiger partial charge in [-0.05, 0) is 52.5 Å². The third-order valence-electron chi connectivity index (χ3n) is 4.23. The number of hydrogen-bond donors (Lipinski definition) is 2. The first-order valence-corrected chi connectivity index (χ1v) is 8.89. The molecule has 0 unspecified atom stereocenters. The van der Waals surface area contributed by atoms with Gasteiger partial charge in [-0.3, -0.25) is 10.1 Å². The van der Waals surface area contributed by atoms with E-state index in [1.54, 1.807) is 0 Å². The van der Waals surface area contributed by atoms with Crippen LogP contribution in [0.4, 0.5) is 11.4 Å². The maximum atomic E-state index is 11.8. The highest BCUT2D eigenvalue weighted by atomic mass is 32.2. The molecule has 1 aliphatic rings. The molecule has 2 N–H and O–H groups in total. The average Bonchev–Trinajstić information content (AvgIpc) is 2.95. The van der Waals surface area contributed by atoms with Crippen LogP contribution in [0.3, 0.4) is 0 Å². The lowest BCUT2D eigenvalue weighted by molar-refractivity contribution is -0.384. The standard InChI is InChI=1S/C14H22N4O4S/c1-15-23(21,22)10-7-8-12(14(9-10)18(19)20)16-11-5-4-6-13(11)17(2)3/h7-9,11,13,15-16H,4-6H2,1-3H3/t11-,13+/m0/s1. The summed E-state index contributed by atoms with van der Waals surface area (Å²) in [6.45, 7) is 0. The Hall–Kier alpha value is -1.71. The lowest BCUT2D eigenvalue weighted by Crippen LogP contribution is -2.39. The Labute approximate surface area is 136 Å². The predicted molar refractivity (Wildman–Crippen MR) is 88.1 cm³/mol. The van der Waals surface area contributed by atoms with Gasteiger partial charge in [-0.2, -0.15) is 0 Å². The third-order valence-corrected chi connectivity index (χ3v) is 5.64. The second-order valence-corrected chi connectivity index (χ2v) is 7.74. The molecule has 0 spiro atoms. The highest BCUT2D eigenvalue weighted by Gasteiger charge is 2.30. The van der Waals surface area contributed by atoms with E-state index in [0.717, 1.165) is 25.3 Å². The van der Waals surface area contributed by atoms with Gasteiger partial charge in [0.2, 0.25) is 10.0 Å². The van der Waals surface area contributed by atoms with E-state index in [0.29, 0.717) is 11.7 Å². The van der Waals surface area contributed by atoms with Gasteiger partial charge < -0.3 is 10.2 Å². The summed E-state index contributed by atoms with van der Waals surface area (Å²) in [5.74, 6) is 0. The van der Waals surface area contributed by atoms with Crippen molar-refractivity contribution >= 4 is 21.4 Å². The first-order chi connectivity index (χ1) is 10.8. The topological polar surface area (TPSA) is 105 Å². The molecule has 1 saturated carbocycles. The predicted octanol–water partition coefficient (Wildman–Crippen LogP) is 1.40. The number of hydrogen-bond acceptors (Lipinski definition) is 6. The number of rotatable bonds is 6. The van der Waals surface area contributed by atoms with Crippen LogP contribution < -0.4 is 10.0 Å². The van der Waals surface area contributed by atoms with E-state index >= 15 is 0 Å². The zero-order valence-electron chi connectivity index (χ0n) is 13.4. The van der Waals surface area contributed by atoms with Gasteiger partial charge >= 0.3 is 0 Å². The molecule has 2 atom stereocenters. The maximum Gasteiger partial charge on any atom is 0.293 e. The summed E-state index contributed by atoms with van der Waals surface area (Å²) >= 11 is 0. The molecule has 0 bridgehead atoms. The van der Waals surface area contributed by atoms with E-state index in [9.17, 15) is 18.5 Å². The molecule has 0 radical (unpaired) electrons. The number of nitro groups is 1. The lowest BCUT2D eigenvalue weighted by Gasteiger charge is -2.27. The molecule has 23 heavy (non-hydrogen) atoms. The number of anilines is 1. The van der Waals surface area contributed by atoms with Crippen LogP contribution in [-0.2, 0) is 10.0 Å². The van der Waals surface area contributed by atoms with Gasteiger partial charge in [0.25, 0.3) is 5.69 Å². The monoisotopic (exact) mass is 342 g/mol. The van der Waals surface area contributed by atoms with E-state index in [2.05, 4.69) is 14.9 Å². The van der Waals surface area contributed by atoms with Crippen molar-refractivity contribution in [2.75, 3.05) is 26.5 Å². The summed E-state index contributed by atoms with van der Waals surface area (Å²) < 4.78 is 25.8. The van der Waals surface area contributed by atoms with Crippen molar-refractivity contribution in [2.45, 2.75) is 36.2 Å². The van der Waals surface area contributed by atoms with Crippen molar-refractivity contribution in [1.82, 2.24) is 9.62 Å². The van der Waals surface area contributed by atoms with Crippen molar-refractivity contribution in [3.05, 3.63) is 28.3 Å². The largest absolute Gasteiger partial charge is 0.375 e. The highest BCUT2D eigenvalue weighted by molar-refractivity contribution is 7.89. The van der Waals surface area contributed by atoms with Crippen LogP contribution in [0.25, 0.3) is 0 Å². The molecule has 128 valence electrons. The van der Waals surface area contributed by atoms with E-state index < -0.39 is 14.9 Å². The Morgan fingerprint density at radius 3 is 2.57 bits per heavy atom. The second-order valence-electron chi connectivity index (χ2n) is 5.86. The Bertz CT molecular complexity index is 690. The molecule has 0 heterocycles. The fraction of sp³-hybridized carbons (Fsp3) is 0.571. The van der Waals surface area contributed by atoms with Crippen molar-refractivity contribution in [2.24, 2.45) is 0 Å². The zero-order chi connectivity index (χ0) is 17.2. The molecular formula is C14H22N4O4S. The van der Waals surface area contributed by atoms with Gasteiger partial charge in [-0.15, -0.1) is 0 Å². The molecule has 0 saturated heterocycles. The van der Waals surface area contributed by atoms with Gasteiger partial charge in [-0.1, -0.05) is 0 Å². The fourth-order valence-electron chi connectivity index (χ4n) is 3.00. The SMILES string of the molecule is CNS(=O)(=O)c1ccc(N[C@H]2CCC[C@H]2N(C)C)c([N+](=O)[O-])c1. The van der Waals surface area contributed by atoms with Crippen LogP contribution >= 0.6 is 0 Å². The van der Waals surface area contributed by atoms with Crippen LogP contribution in [0.1, 0.15) is 19.3 Å². The minimum absolute atomic E-state index is 0.107. The molecule has 0 amide bonds. The van der Waals surface area contributed by atoms with Crippen LogP contribution in [0.2, 0.25) is 0 Å². The summed E-state index contributed by atoms with van der Waals surface area (Å²) in [7, 11) is 1.53. The van der Waals surface area contributed by atoms with Gasteiger partial charge in [-0.25, -0.2) is 13.1 Å². The highest BCUT2D eigenvalue weighted by Crippen LogP contribution is 2.32. The zero-order valence-corrected chi connectivity index (χ0v) is 14.3. The molecular weight excluding hydrogens is 320 g/mol. The molecule has 1 aliphatic carbocycles. The van der Waals surface area contributed by atoms with Crippen molar-refractivity contribution < 1.29 is 13.3 Å². The minimum atomic E-state index is -3.71. The van der Waals surface area contributed by atoms with Gasteiger partial charge in [0, 0.05) is 18.2 Å². The molecule has 0 aromatic heterocycles. The Kier molecular flexibility index (Phi) is 5.23. The van der Waals surface area contributed by atoms with E-state index in [4.69, 9.17) is 0 Å². The number of sulfonamides is 1. The van der Waals surface area contributed by atoms with Gasteiger partial charge in [0.1, 0.15) is 5.69 Å². The summed E-state index contributed by atoms with van der Waals surface area (Å²) in [4.78, 5) is 12.7. The molecule has 9 heteroatoms. The van der Waals surface area contributed by atoms with E-state index in [-0.39, 0.29) is 16.6 Å². The first-order valence-electron chi connectivity index (χ1n) is 7.41. The Morgan fingerprint density at radius 1 is 1.30 bits per heavy atom. The molecule has 1 fully saturated rings. The summed E-state index contributed by atoms with van der Waals surface area (Å²) in [6.07, 6.45) is 3.02. The molecule has 8 nitrogen and oxygen atoms in total. The number of nitrogens with one attached hydrogen (secondary N) is 2. The summed E-state index contributed by atoms with van der Waals surface area (Å²) in [5.41, 5.74) is 0.120. The summed E-state index contributed by atoms with van der Waals surface area (Å²) in [5, 5.41) is 14.5. The quantitative estimate of drug-likeness (QED) is 0.598. The smallest absolute Gasteiger partial charge is 0.293 e. The normalized spacial score (nSPS) is 21.6. The van der Waals surface area contributed by atoms with Gasteiger partial charge in [0.15, 0.2) is 0 Å². The molecule has 1 aromatic rings. The van der Waals surface area contributed by atoms with E-state index in [1.165, 1.54) is 19.2 Å². The Balaban J connectivity index is 2.34. The van der Waals surface area contributed by atoms with Gasteiger partial charge in [0.05, 0.1) is 9.82 Å². The third kappa shape index (κ3) is 3.80. The van der Waals surface area contributed by atoms with Crippen molar-refractivity contribution in [3.8, 4) is 0 Å². The van der Waals surface area contributed by atoms with E-state index in [1.807, 2.05) is 14.1 Å². The molecule has 0 aliphatic heterocycles. The molecule has 2 rings (SSSR count). The number of nitrogens with zero attached hydrogens (tertiary/aromatic N) is 2. The second kappa shape index (κ2) is 6.81. The van der Waals surface area contributed by atoms with Crippen LogP contribution in [0.15, 0.2) is 23.1 Å². The van der Waals surface area contributed by atoms with Crippen LogP contribution in [0, 0.1) is 10.1 Å². The average molecular weight is 342 g/mol.